The number of hydrogen-bond donors (Lipinski definition) is 2. The van der Waals surface area contributed by atoms with Crippen LogP contribution in [0.2, 0.25) is 0 Å². The maximum atomic E-state index is 5.63. The third-order valence-corrected chi connectivity index (χ3v) is 6.32. The van der Waals surface area contributed by atoms with Gasteiger partial charge in [0.05, 0.1) is 6.26 Å². The summed E-state index contributed by atoms with van der Waals surface area (Å²) in [6, 6.07) is 10.0. The van der Waals surface area contributed by atoms with Crippen molar-refractivity contribution in [3.8, 4) is 0 Å². The lowest BCUT2D eigenvalue weighted by molar-refractivity contribution is 0.461. The van der Waals surface area contributed by atoms with Crippen LogP contribution in [0.4, 0.5) is 11.4 Å². The van der Waals surface area contributed by atoms with Crippen molar-refractivity contribution < 1.29 is 4.42 Å². The molecule has 0 radical (unpaired) electrons. The Morgan fingerprint density at radius 3 is 2.07 bits per heavy atom. The van der Waals surface area contributed by atoms with Crippen molar-refractivity contribution in [2.75, 3.05) is 10.6 Å². The van der Waals surface area contributed by atoms with E-state index in [2.05, 4.69) is 35.8 Å². The van der Waals surface area contributed by atoms with Crippen LogP contribution in [0.1, 0.15) is 81.1 Å². The van der Waals surface area contributed by atoms with E-state index < -0.39 is 0 Å². The quantitative estimate of drug-likeness (QED) is 0.599. The molecule has 0 unspecified atom stereocenters. The van der Waals surface area contributed by atoms with Gasteiger partial charge in [-0.3, -0.25) is 0 Å². The van der Waals surface area contributed by atoms with Crippen molar-refractivity contribution in [2.24, 2.45) is 0 Å². The first kappa shape index (κ1) is 18.5. The van der Waals surface area contributed by atoms with Crippen LogP contribution in [0.3, 0.4) is 0 Å². The second-order valence-corrected chi connectivity index (χ2v) is 8.54. The first-order chi connectivity index (χ1) is 13.3. The molecule has 2 aromatic rings. The summed E-state index contributed by atoms with van der Waals surface area (Å²) >= 11 is 0. The van der Waals surface area contributed by atoms with Gasteiger partial charge in [0.2, 0.25) is 0 Å². The molecule has 0 saturated heterocycles. The average molecular weight is 367 g/mol. The van der Waals surface area contributed by atoms with Gasteiger partial charge in [-0.05, 0) is 61.9 Å². The molecule has 3 nitrogen and oxygen atoms in total. The summed E-state index contributed by atoms with van der Waals surface area (Å²) in [5, 5.41) is 7.73. The van der Waals surface area contributed by atoms with Gasteiger partial charge in [-0.25, -0.2) is 0 Å². The summed E-state index contributed by atoms with van der Waals surface area (Å²) in [7, 11) is 0. The normalized spacial score (nSPS) is 19.1. The highest BCUT2D eigenvalue weighted by molar-refractivity contribution is 5.66. The fourth-order valence-electron chi connectivity index (χ4n) is 4.74. The zero-order valence-electron chi connectivity index (χ0n) is 16.7. The number of rotatable bonds is 6. The van der Waals surface area contributed by atoms with Crippen molar-refractivity contribution in [1.29, 1.82) is 0 Å². The molecule has 1 heterocycles. The van der Waals surface area contributed by atoms with Gasteiger partial charge in [0, 0.05) is 29.9 Å². The van der Waals surface area contributed by atoms with Gasteiger partial charge in [-0.2, -0.15) is 0 Å². The van der Waals surface area contributed by atoms with Crippen LogP contribution in [0.15, 0.2) is 34.9 Å². The Hall–Kier alpha value is -1.90. The van der Waals surface area contributed by atoms with Crippen LogP contribution >= 0.6 is 0 Å². The molecule has 146 valence electrons. The first-order valence-corrected chi connectivity index (χ1v) is 11.0. The fourth-order valence-corrected chi connectivity index (χ4v) is 4.74. The van der Waals surface area contributed by atoms with Crippen molar-refractivity contribution in [1.82, 2.24) is 0 Å². The number of anilines is 2. The molecule has 2 aliphatic rings. The molecule has 2 aliphatic carbocycles. The van der Waals surface area contributed by atoms with Gasteiger partial charge in [0.25, 0.3) is 0 Å². The van der Waals surface area contributed by atoms with Gasteiger partial charge in [-0.1, -0.05) is 44.6 Å². The van der Waals surface area contributed by atoms with E-state index in [4.69, 9.17) is 4.42 Å². The number of nitrogens with one attached hydrogen (secondary N) is 2. The molecule has 1 aromatic carbocycles. The van der Waals surface area contributed by atoms with Crippen LogP contribution in [0.5, 0.6) is 0 Å². The second kappa shape index (κ2) is 8.86. The van der Waals surface area contributed by atoms with E-state index in [0.717, 1.165) is 12.2 Å². The minimum absolute atomic E-state index is 0.610. The Morgan fingerprint density at radius 2 is 1.48 bits per heavy atom. The smallest absolute Gasteiger partial charge is 0.108 e. The molecule has 3 heteroatoms. The maximum absolute atomic E-state index is 5.63. The third-order valence-electron chi connectivity index (χ3n) is 6.32. The number of benzene rings is 1. The molecule has 27 heavy (non-hydrogen) atoms. The van der Waals surface area contributed by atoms with Crippen LogP contribution in [0, 0.1) is 6.92 Å². The molecule has 0 aliphatic heterocycles. The van der Waals surface area contributed by atoms with Crippen LogP contribution in [-0.4, -0.2) is 12.1 Å². The Labute approximate surface area is 163 Å². The summed E-state index contributed by atoms with van der Waals surface area (Å²) in [6.07, 6.45) is 16.0. The zero-order valence-corrected chi connectivity index (χ0v) is 16.7. The maximum Gasteiger partial charge on any atom is 0.108 e. The summed E-state index contributed by atoms with van der Waals surface area (Å²) in [5.74, 6) is 1.04. The van der Waals surface area contributed by atoms with E-state index in [-0.39, 0.29) is 0 Å². The predicted molar refractivity (Wildman–Crippen MR) is 114 cm³/mol. The van der Waals surface area contributed by atoms with E-state index in [1.165, 1.54) is 86.7 Å². The van der Waals surface area contributed by atoms with Crippen molar-refractivity contribution >= 4 is 11.4 Å². The lowest BCUT2D eigenvalue weighted by Gasteiger charge is -2.28. The van der Waals surface area contributed by atoms with Crippen LogP contribution < -0.4 is 10.6 Å². The largest absolute Gasteiger partial charge is 0.469 e. The molecule has 2 fully saturated rings. The van der Waals surface area contributed by atoms with E-state index in [1.807, 2.05) is 6.07 Å². The van der Waals surface area contributed by atoms with E-state index in [9.17, 15) is 0 Å². The molecule has 0 atom stereocenters. The Balaban J connectivity index is 1.57. The Morgan fingerprint density at radius 1 is 0.852 bits per heavy atom. The molecule has 4 rings (SSSR count). The summed E-state index contributed by atoms with van der Waals surface area (Å²) < 4.78 is 5.63. The molecule has 0 amide bonds. The molecule has 2 saturated carbocycles. The molecule has 0 bridgehead atoms. The Kier molecular flexibility index (Phi) is 6.06. The summed E-state index contributed by atoms with van der Waals surface area (Å²) in [5.41, 5.74) is 5.30. The number of furan rings is 1. The van der Waals surface area contributed by atoms with E-state index in [0.29, 0.717) is 12.1 Å². The first-order valence-electron chi connectivity index (χ1n) is 11.0. The highest BCUT2D eigenvalue weighted by Gasteiger charge is 2.18. The molecule has 0 spiro atoms. The number of aryl methyl sites for hydroxylation is 1. The van der Waals surface area contributed by atoms with Crippen LogP contribution in [-0.2, 0) is 6.42 Å². The van der Waals surface area contributed by atoms with Crippen LogP contribution in [0.25, 0.3) is 0 Å². The van der Waals surface area contributed by atoms with Crippen molar-refractivity contribution in [2.45, 2.75) is 89.6 Å². The van der Waals surface area contributed by atoms with E-state index in [1.54, 1.807) is 6.26 Å². The summed E-state index contributed by atoms with van der Waals surface area (Å²) in [6.45, 7) is 2.24. The van der Waals surface area contributed by atoms with Gasteiger partial charge >= 0.3 is 0 Å². The SMILES string of the molecule is Cc1cc(Cc2ccco2)c(NC2CCCCC2)cc1NC1CCCCC1. The molecular formula is C24H34N2O. The number of hydrogen-bond acceptors (Lipinski definition) is 3. The molecule has 2 N–H and O–H groups in total. The highest BCUT2D eigenvalue weighted by atomic mass is 16.3. The lowest BCUT2D eigenvalue weighted by atomic mass is 9.93. The second-order valence-electron chi connectivity index (χ2n) is 8.54. The van der Waals surface area contributed by atoms with Gasteiger partial charge in [0.15, 0.2) is 0 Å². The standard InChI is InChI=1S/C24H34N2O/c1-18-15-19(16-22-13-8-14-27-22)24(26-21-11-6-3-7-12-21)17-23(18)25-20-9-4-2-5-10-20/h8,13-15,17,20-21,25-26H,2-7,9-12,16H2,1H3. The minimum atomic E-state index is 0.610. The molecule has 1 aromatic heterocycles. The minimum Gasteiger partial charge on any atom is -0.469 e. The van der Waals surface area contributed by atoms with Gasteiger partial charge in [-0.15, -0.1) is 0 Å². The third kappa shape index (κ3) is 4.88. The zero-order chi connectivity index (χ0) is 18.5. The van der Waals surface area contributed by atoms with E-state index >= 15 is 0 Å². The van der Waals surface area contributed by atoms with Crippen molar-refractivity contribution in [3.05, 3.63) is 47.4 Å². The molecular weight excluding hydrogens is 332 g/mol. The average Bonchev–Trinajstić information content (AvgIpc) is 3.20. The highest BCUT2D eigenvalue weighted by Crippen LogP contribution is 2.32. The van der Waals surface area contributed by atoms with Gasteiger partial charge < -0.3 is 15.1 Å². The van der Waals surface area contributed by atoms with Gasteiger partial charge in [0.1, 0.15) is 5.76 Å². The summed E-state index contributed by atoms with van der Waals surface area (Å²) in [4.78, 5) is 0. The predicted octanol–water partition coefficient (Wildman–Crippen LogP) is 6.67. The Bertz CT molecular complexity index is 710. The lowest BCUT2D eigenvalue weighted by Crippen LogP contribution is -2.24. The fraction of sp³-hybridized carbons (Fsp3) is 0.583. The monoisotopic (exact) mass is 366 g/mol. The topological polar surface area (TPSA) is 37.2 Å². The van der Waals surface area contributed by atoms with Crippen molar-refractivity contribution in [3.63, 3.8) is 0 Å².